The molecule has 0 radical (unpaired) electrons. The molecule has 0 unspecified atom stereocenters. The quantitative estimate of drug-likeness (QED) is 0.836. The third-order valence-corrected chi connectivity index (χ3v) is 5.67. The molecule has 0 aliphatic carbocycles. The van der Waals surface area contributed by atoms with Gasteiger partial charge >= 0.3 is 6.03 Å². The van der Waals surface area contributed by atoms with E-state index in [0.29, 0.717) is 43.4 Å². The van der Waals surface area contributed by atoms with Crippen LogP contribution in [0, 0.1) is 5.82 Å². The number of rotatable bonds is 3. The van der Waals surface area contributed by atoms with Gasteiger partial charge in [0.15, 0.2) is 0 Å². The minimum Gasteiger partial charge on any atom is -0.367 e. The Labute approximate surface area is 173 Å². The summed E-state index contributed by atoms with van der Waals surface area (Å²) in [5, 5.41) is 3.67. The first-order valence-electron chi connectivity index (χ1n) is 9.62. The molecule has 2 aromatic rings. The van der Waals surface area contributed by atoms with Crippen LogP contribution in [0.2, 0.25) is 5.02 Å². The van der Waals surface area contributed by atoms with Gasteiger partial charge in [-0.05, 0) is 36.4 Å². The third-order valence-electron chi connectivity index (χ3n) is 5.35. The summed E-state index contributed by atoms with van der Waals surface area (Å²) in [6, 6.07) is 13.1. The number of carbonyl (C=O) groups is 2. The molecule has 0 saturated carbocycles. The van der Waals surface area contributed by atoms with Gasteiger partial charge in [-0.3, -0.25) is 4.79 Å². The zero-order valence-electron chi connectivity index (χ0n) is 15.9. The van der Waals surface area contributed by atoms with Crippen molar-refractivity contribution in [2.75, 3.05) is 42.5 Å². The van der Waals surface area contributed by atoms with Gasteiger partial charge in [-0.25, -0.2) is 9.18 Å². The largest absolute Gasteiger partial charge is 0.367 e. The molecule has 2 heterocycles. The number of para-hydroxylation sites is 1. The first-order valence-corrected chi connectivity index (χ1v) is 10.00. The maximum Gasteiger partial charge on any atom is 0.317 e. The van der Waals surface area contributed by atoms with E-state index in [9.17, 15) is 14.0 Å². The van der Waals surface area contributed by atoms with Gasteiger partial charge in [0.1, 0.15) is 5.82 Å². The van der Waals surface area contributed by atoms with Crippen LogP contribution in [0.3, 0.4) is 0 Å². The minimum atomic E-state index is -0.346. The molecule has 2 fully saturated rings. The van der Waals surface area contributed by atoms with Crippen molar-refractivity contribution in [2.45, 2.75) is 12.5 Å². The fourth-order valence-electron chi connectivity index (χ4n) is 3.80. The highest BCUT2D eigenvalue weighted by Gasteiger charge is 2.33. The van der Waals surface area contributed by atoms with Crippen molar-refractivity contribution in [3.63, 3.8) is 0 Å². The number of nitrogens with zero attached hydrogens (tertiary/aromatic N) is 3. The summed E-state index contributed by atoms with van der Waals surface area (Å²) in [4.78, 5) is 30.5. The summed E-state index contributed by atoms with van der Waals surface area (Å²) in [5.41, 5.74) is 1.62. The summed E-state index contributed by atoms with van der Waals surface area (Å²) in [6.07, 6.45) is 0.239. The Morgan fingerprint density at radius 2 is 1.72 bits per heavy atom. The van der Waals surface area contributed by atoms with Crippen LogP contribution in [0.5, 0.6) is 0 Å². The monoisotopic (exact) mass is 416 g/mol. The molecular formula is C21H22ClFN4O2. The molecule has 2 aliphatic heterocycles. The number of hydrogen-bond donors (Lipinski definition) is 1. The normalized spacial score (nSPS) is 19.6. The molecule has 6 nitrogen and oxygen atoms in total. The highest BCUT2D eigenvalue weighted by Crippen LogP contribution is 2.26. The van der Waals surface area contributed by atoms with Crippen LogP contribution < -0.4 is 15.1 Å². The van der Waals surface area contributed by atoms with Crippen LogP contribution in [0.15, 0.2) is 48.5 Å². The average molecular weight is 417 g/mol. The third kappa shape index (κ3) is 4.29. The molecule has 0 spiro atoms. The summed E-state index contributed by atoms with van der Waals surface area (Å²) in [5.74, 6) is -0.424. The van der Waals surface area contributed by atoms with Crippen molar-refractivity contribution in [1.29, 1.82) is 0 Å². The lowest BCUT2D eigenvalue weighted by Crippen LogP contribution is -2.54. The Morgan fingerprint density at radius 3 is 2.41 bits per heavy atom. The van der Waals surface area contributed by atoms with E-state index in [1.807, 2.05) is 24.3 Å². The maximum absolute atomic E-state index is 13.1. The Kier molecular flexibility index (Phi) is 5.58. The standard InChI is InChI=1S/C21H22ClFN4O2/c22-18-3-1-2-4-19(18)25-9-11-26(12-10-25)21(29)24-16-13-20(28)27(14-16)17-7-5-15(23)6-8-17/h1-8,16H,9-14H2,(H,24,29)/t16-/m1/s1. The SMILES string of the molecule is O=C(N[C@@H]1CC(=O)N(c2ccc(F)cc2)C1)N1CCN(c2ccccc2Cl)CC1. The summed E-state index contributed by atoms with van der Waals surface area (Å²) in [7, 11) is 0. The van der Waals surface area contributed by atoms with E-state index in [2.05, 4.69) is 10.2 Å². The molecule has 2 aliphatic rings. The number of carbonyl (C=O) groups excluding carboxylic acids is 2. The second kappa shape index (κ2) is 8.29. The molecule has 8 heteroatoms. The fourth-order valence-corrected chi connectivity index (χ4v) is 4.05. The van der Waals surface area contributed by atoms with Gasteiger partial charge in [0.25, 0.3) is 0 Å². The number of nitrogens with one attached hydrogen (secondary N) is 1. The zero-order chi connectivity index (χ0) is 20.4. The second-order valence-corrected chi connectivity index (χ2v) is 7.66. The molecule has 3 amide bonds. The lowest BCUT2D eigenvalue weighted by atomic mass is 10.2. The molecule has 29 heavy (non-hydrogen) atoms. The summed E-state index contributed by atoms with van der Waals surface area (Å²) < 4.78 is 13.1. The molecule has 2 saturated heterocycles. The maximum atomic E-state index is 13.1. The van der Waals surface area contributed by atoms with E-state index in [1.54, 1.807) is 21.9 Å². The molecule has 152 valence electrons. The minimum absolute atomic E-state index is 0.0783. The topological polar surface area (TPSA) is 55.9 Å². The first kappa shape index (κ1) is 19.5. The molecule has 0 bridgehead atoms. The van der Waals surface area contributed by atoms with Crippen LogP contribution in [0.1, 0.15) is 6.42 Å². The highest BCUT2D eigenvalue weighted by molar-refractivity contribution is 6.33. The van der Waals surface area contributed by atoms with Gasteiger partial charge < -0.3 is 20.0 Å². The van der Waals surface area contributed by atoms with Crippen molar-refractivity contribution < 1.29 is 14.0 Å². The van der Waals surface area contributed by atoms with E-state index in [-0.39, 0.29) is 30.2 Å². The lowest BCUT2D eigenvalue weighted by molar-refractivity contribution is -0.117. The predicted molar refractivity (Wildman–Crippen MR) is 111 cm³/mol. The Balaban J connectivity index is 1.31. The first-order chi connectivity index (χ1) is 14.0. The van der Waals surface area contributed by atoms with E-state index in [4.69, 9.17) is 11.6 Å². The summed E-state index contributed by atoms with van der Waals surface area (Å²) in [6.45, 7) is 2.94. The van der Waals surface area contributed by atoms with Gasteiger partial charge in [-0.15, -0.1) is 0 Å². The van der Waals surface area contributed by atoms with E-state index < -0.39 is 0 Å². The average Bonchev–Trinajstić information content (AvgIpc) is 3.09. The number of amides is 3. The van der Waals surface area contributed by atoms with Crippen molar-refractivity contribution >= 4 is 34.9 Å². The number of hydrogen-bond acceptors (Lipinski definition) is 3. The molecule has 0 aromatic heterocycles. The number of benzene rings is 2. The summed E-state index contributed by atoms with van der Waals surface area (Å²) >= 11 is 6.26. The van der Waals surface area contributed by atoms with Crippen molar-refractivity contribution in [1.82, 2.24) is 10.2 Å². The smallest absolute Gasteiger partial charge is 0.317 e. The van der Waals surface area contributed by atoms with Crippen LogP contribution in [-0.4, -0.2) is 55.6 Å². The van der Waals surface area contributed by atoms with Crippen LogP contribution in [0.4, 0.5) is 20.6 Å². The van der Waals surface area contributed by atoms with Crippen LogP contribution >= 0.6 is 11.6 Å². The Morgan fingerprint density at radius 1 is 1.03 bits per heavy atom. The van der Waals surface area contributed by atoms with Crippen molar-refractivity contribution in [3.8, 4) is 0 Å². The Hall–Kier alpha value is -2.80. The molecule has 1 N–H and O–H groups in total. The van der Waals surface area contributed by atoms with Gasteiger partial charge in [0.05, 0.1) is 16.8 Å². The van der Waals surface area contributed by atoms with Gasteiger partial charge in [-0.2, -0.15) is 0 Å². The molecule has 1 atom stereocenters. The van der Waals surface area contributed by atoms with Gasteiger partial charge in [0.2, 0.25) is 5.91 Å². The van der Waals surface area contributed by atoms with Gasteiger partial charge in [0, 0.05) is 44.8 Å². The predicted octanol–water partition coefficient (Wildman–Crippen LogP) is 3.12. The van der Waals surface area contributed by atoms with Crippen molar-refractivity contribution in [2.24, 2.45) is 0 Å². The number of urea groups is 1. The van der Waals surface area contributed by atoms with E-state index in [0.717, 1.165) is 5.69 Å². The highest BCUT2D eigenvalue weighted by atomic mass is 35.5. The number of anilines is 2. The molecule has 2 aromatic carbocycles. The van der Waals surface area contributed by atoms with Crippen molar-refractivity contribution in [3.05, 3.63) is 59.4 Å². The Bertz CT molecular complexity index is 900. The van der Waals surface area contributed by atoms with E-state index >= 15 is 0 Å². The second-order valence-electron chi connectivity index (χ2n) is 7.26. The molecular weight excluding hydrogens is 395 g/mol. The molecule has 4 rings (SSSR count). The number of piperazine rings is 1. The van der Waals surface area contributed by atoms with E-state index in [1.165, 1.54) is 12.1 Å². The zero-order valence-corrected chi connectivity index (χ0v) is 16.6. The number of halogens is 2. The van der Waals surface area contributed by atoms with Crippen LogP contribution in [0.25, 0.3) is 0 Å². The lowest BCUT2D eigenvalue weighted by Gasteiger charge is -2.36. The fraction of sp³-hybridized carbons (Fsp3) is 0.333. The van der Waals surface area contributed by atoms with Crippen LogP contribution in [-0.2, 0) is 4.79 Å². The van der Waals surface area contributed by atoms with Gasteiger partial charge in [-0.1, -0.05) is 23.7 Å².